The topological polar surface area (TPSA) is 96.0 Å². The molecule has 0 spiro atoms. The molecule has 1 N–H and O–H groups in total. The van der Waals surface area contributed by atoms with Crippen LogP contribution >= 0.6 is 11.6 Å². The van der Waals surface area contributed by atoms with E-state index in [2.05, 4.69) is 5.32 Å². The maximum atomic E-state index is 14.4. The van der Waals surface area contributed by atoms with Gasteiger partial charge in [-0.25, -0.2) is 8.42 Å². The van der Waals surface area contributed by atoms with Gasteiger partial charge in [0, 0.05) is 20.0 Å². The van der Waals surface area contributed by atoms with Crippen LogP contribution in [-0.4, -0.2) is 51.9 Å². The Morgan fingerprint density at radius 3 is 2.16 bits per heavy atom. The van der Waals surface area contributed by atoms with E-state index in [-0.39, 0.29) is 34.5 Å². The highest BCUT2D eigenvalue weighted by Gasteiger charge is 2.34. The third kappa shape index (κ3) is 7.78. The second-order valence-corrected chi connectivity index (χ2v) is 12.7. The van der Waals surface area contributed by atoms with E-state index in [1.807, 2.05) is 68.4 Å². The van der Waals surface area contributed by atoms with E-state index >= 15 is 0 Å². The minimum atomic E-state index is -4.24. The Morgan fingerprint density at radius 1 is 0.864 bits per heavy atom. The molecule has 0 aliphatic heterocycles. The number of anilines is 1. The van der Waals surface area contributed by atoms with Crippen LogP contribution in [0.4, 0.5) is 5.69 Å². The summed E-state index contributed by atoms with van der Waals surface area (Å²) in [6.45, 7) is 3.31. The van der Waals surface area contributed by atoms with Crippen molar-refractivity contribution in [1.29, 1.82) is 0 Å². The van der Waals surface area contributed by atoms with Gasteiger partial charge in [0.05, 0.1) is 22.7 Å². The fraction of sp³-hybridized carbons (Fsp3) is 0.235. The summed E-state index contributed by atoms with van der Waals surface area (Å²) in [5, 5.41) is 2.87. The summed E-state index contributed by atoms with van der Waals surface area (Å²) < 4.78 is 34.5. The second-order valence-electron chi connectivity index (χ2n) is 10.5. The van der Waals surface area contributed by atoms with Gasteiger partial charge in [0.15, 0.2) is 0 Å². The summed E-state index contributed by atoms with van der Waals surface area (Å²) in [7, 11) is -1.26. The molecule has 4 aromatic rings. The lowest BCUT2D eigenvalue weighted by atomic mass is 10.0. The average Bonchev–Trinajstić information content (AvgIpc) is 3.01. The molecule has 1 atom stereocenters. The van der Waals surface area contributed by atoms with Gasteiger partial charge in [-0.3, -0.25) is 13.9 Å². The summed E-state index contributed by atoms with van der Waals surface area (Å²) >= 11 is 6.42. The molecule has 0 bridgehead atoms. The van der Waals surface area contributed by atoms with Crippen LogP contribution in [0.3, 0.4) is 0 Å². The number of hydrogen-bond acceptors (Lipinski definition) is 5. The van der Waals surface area contributed by atoms with Crippen LogP contribution in [0.5, 0.6) is 5.75 Å². The number of likely N-dealkylation sites (N-methyl/N-ethyl adjacent to an activating group) is 1. The highest BCUT2D eigenvalue weighted by atomic mass is 35.5. The van der Waals surface area contributed by atoms with E-state index < -0.39 is 28.5 Å². The number of hydrogen-bond donors (Lipinski definition) is 1. The van der Waals surface area contributed by atoms with Crippen molar-refractivity contribution >= 4 is 39.1 Å². The molecule has 0 radical (unpaired) electrons. The van der Waals surface area contributed by atoms with E-state index in [0.29, 0.717) is 5.75 Å². The molecule has 0 unspecified atom stereocenters. The van der Waals surface area contributed by atoms with Crippen molar-refractivity contribution in [2.24, 2.45) is 0 Å². The number of carbonyl (C=O) groups is 2. The number of aryl methyl sites for hydroxylation is 2. The Kier molecular flexibility index (Phi) is 10.7. The van der Waals surface area contributed by atoms with Crippen molar-refractivity contribution < 1.29 is 22.7 Å². The predicted octanol–water partition coefficient (Wildman–Crippen LogP) is 5.55. The summed E-state index contributed by atoms with van der Waals surface area (Å²) in [6.07, 6.45) is 0.233. The van der Waals surface area contributed by atoms with Gasteiger partial charge in [0.1, 0.15) is 18.3 Å². The van der Waals surface area contributed by atoms with Crippen molar-refractivity contribution in [2.45, 2.75) is 37.8 Å². The number of amides is 2. The number of carbonyl (C=O) groups excluding carboxylic acids is 2. The number of halogens is 1. The summed E-state index contributed by atoms with van der Waals surface area (Å²) in [4.78, 5) is 29.2. The lowest BCUT2D eigenvalue weighted by Crippen LogP contribution is -2.53. The number of nitrogens with zero attached hydrogens (tertiary/aromatic N) is 2. The quantitative estimate of drug-likeness (QED) is 0.221. The first-order valence-corrected chi connectivity index (χ1v) is 15.9. The molecule has 0 aromatic heterocycles. The standard InChI is InChI=1S/C34H36ClN3O5S/c1-24-13-16-29(17-14-24)44(41,42)38(28-15-18-32(43-4)30(35)21-28)23-33(39)37(22-27-12-8-9-25(2)19-27)31(34(40)36-3)20-26-10-6-5-7-11-26/h5-19,21,31H,20,22-23H2,1-4H3,(H,36,40)/t31-/m1/s1. The van der Waals surface area contributed by atoms with Crippen molar-refractivity contribution in [3.05, 3.63) is 124 Å². The van der Waals surface area contributed by atoms with Crippen LogP contribution in [0.15, 0.2) is 102 Å². The Hall–Kier alpha value is -4.34. The number of sulfonamides is 1. The molecule has 2 amide bonds. The first kappa shape index (κ1) is 32.6. The lowest BCUT2D eigenvalue weighted by molar-refractivity contribution is -0.139. The van der Waals surface area contributed by atoms with Gasteiger partial charge >= 0.3 is 0 Å². The third-order valence-corrected chi connectivity index (χ3v) is 9.35. The lowest BCUT2D eigenvalue weighted by Gasteiger charge is -2.33. The highest BCUT2D eigenvalue weighted by Crippen LogP contribution is 2.32. The van der Waals surface area contributed by atoms with Crippen LogP contribution in [0.25, 0.3) is 0 Å². The van der Waals surface area contributed by atoms with Crippen molar-refractivity contribution in [3.8, 4) is 5.75 Å². The minimum Gasteiger partial charge on any atom is -0.495 e. The number of nitrogens with one attached hydrogen (secondary N) is 1. The van der Waals surface area contributed by atoms with Crippen LogP contribution in [0.1, 0.15) is 22.3 Å². The predicted molar refractivity (Wildman–Crippen MR) is 173 cm³/mol. The first-order valence-electron chi connectivity index (χ1n) is 14.1. The van der Waals surface area contributed by atoms with Gasteiger partial charge in [-0.05, 0) is 55.3 Å². The molecule has 0 saturated carbocycles. The van der Waals surface area contributed by atoms with E-state index in [1.54, 1.807) is 18.2 Å². The molecular weight excluding hydrogens is 598 g/mol. The maximum absolute atomic E-state index is 14.4. The molecule has 0 heterocycles. The molecular formula is C34H36ClN3O5S. The zero-order chi connectivity index (χ0) is 31.9. The van der Waals surface area contributed by atoms with E-state index in [0.717, 1.165) is 26.6 Å². The molecule has 0 aliphatic carbocycles. The molecule has 44 heavy (non-hydrogen) atoms. The van der Waals surface area contributed by atoms with E-state index in [9.17, 15) is 18.0 Å². The second kappa shape index (κ2) is 14.4. The average molecular weight is 634 g/mol. The van der Waals surface area contributed by atoms with Crippen molar-refractivity contribution in [1.82, 2.24) is 10.2 Å². The van der Waals surface area contributed by atoms with Crippen LogP contribution in [-0.2, 0) is 32.6 Å². The van der Waals surface area contributed by atoms with Gasteiger partial charge in [-0.2, -0.15) is 0 Å². The van der Waals surface area contributed by atoms with Gasteiger partial charge in [0.25, 0.3) is 10.0 Å². The number of benzene rings is 4. The van der Waals surface area contributed by atoms with E-state index in [4.69, 9.17) is 16.3 Å². The zero-order valence-corrected chi connectivity index (χ0v) is 26.7. The van der Waals surface area contributed by atoms with Crippen molar-refractivity contribution in [2.75, 3.05) is 25.0 Å². The Bertz CT molecular complexity index is 1710. The zero-order valence-electron chi connectivity index (χ0n) is 25.2. The van der Waals surface area contributed by atoms with Crippen LogP contribution in [0, 0.1) is 13.8 Å². The summed E-state index contributed by atoms with van der Waals surface area (Å²) in [6, 6.07) is 27.0. The molecule has 0 saturated heterocycles. The smallest absolute Gasteiger partial charge is 0.264 e. The van der Waals surface area contributed by atoms with Crippen LogP contribution in [0.2, 0.25) is 5.02 Å². The molecule has 4 rings (SSSR count). The normalized spacial score (nSPS) is 11.8. The summed E-state index contributed by atoms with van der Waals surface area (Å²) in [5.41, 5.74) is 3.72. The maximum Gasteiger partial charge on any atom is 0.264 e. The fourth-order valence-corrected chi connectivity index (χ4v) is 6.56. The molecule has 4 aromatic carbocycles. The van der Waals surface area contributed by atoms with Gasteiger partial charge in [0.2, 0.25) is 11.8 Å². The van der Waals surface area contributed by atoms with E-state index in [1.165, 1.54) is 43.3 Å². The fourth-order valence-electron chi connectivity index (χ4n) is 4.90. The van der Waals surface area contributed by atoms with Crippen molar-refractivity contribution in [3.63, 3.8) is 0 Å². The minimum absolute atomic E-state index is 0.0141. The molecule has 8 nitrogen and oxygen atoms in total. The summed E-state index contributed by atoms with van der Waals surface area (Å²) in [5.74, 6) is -0.563. The largest absolute Gasteiger partial charge is 0.495 e. The SMILES string of the molecule is CNC(=O)[C@@H](Cc1ccccc1)N(Cc1cccc(C)c1)C(=O)CN(c1ccc(OC)c(Cl)c1)S(=O)(=O)c1ccc(C)cc1. The number of methoxy groups -OCH3 is 1. The van der Waals surface area contributed by atoms with Gasteiger partial charge in [-0.1, -0.05) is 89.5 Å². The monoisotopic (exact) mass is 633 g/mol. The number of ether oxygens (including phenoxy) is 1. The highest BCUT2D eigenvalue weighted by molar-refractivity contribution is 7.92. The Balaban J connectivity index is 1.81. The molecule has 10 heteroatoms. The number of rotatable bonds is 12. The molecule has 0 aliphatic rings. The Morgan fingerprint density at radius 2 is 1.55 bits per heavy atom. The first-order chi connectivity index (χ1) is 21.0. The van der Waals surface area contributed by atoms with Crippen LogP contribution < -0.4 is 14.4 Å². The third-order valence-electron chi connectivity index (χ3n) is 7.26. The molecule has 230 valence electrons. The van der Waals surface area contributed by atoms with Gasteiger partial charge < -0.3 is 15.0 Å². The van der Waals surface area contributed by atoms with Gasteiger partial charge in [-0.15, -0.1) is 0 Å². The Labute approximate surface area is 264 Å². The molecule has 0 fully saturated rings.